The van der Waals surface area contributed by atoms with Crippen LogP contribution in [0.4, 0.5) is 11.4 Å². The highest BCUT2D eigenvalue weighted by Crippen LogP contribution is 2.27. The second kappa shape index (κ2) is 11.9. The molecule has 0 unspecified atom stereocenters. The Morgan fingerprint density at radius 3 is 2.47 bits per heavy atom. The van der Waals surface area contributed by atoms with E-state index >= 15 is 0 Å². The first kappa shape index (κ1) is 25.5. The summed E-state index contributed by atoms with van der Waals surface area (Å²) in [5.74, 6) is -2.57. The van der Waals surface area contributed by atoms with Crippen molar-refractivity contribution in [2.45, 2.75) is 26.2 Å². The lowest BCUT2D eigenvalue weighted by Gasteiger charge is -2.17. The van der Waals surface area contributed by atoms with Crippen molar-refractivity contribution in [3.8, 4) is 0 Å². The summed E-state index contributed by atoms with van der Waals surface area (Å²) < 4.78 is 10.3. The van der Waals surface area contributed by atoms with E-state index in [-0.39, 0.29) is 23.9 Å². The molecule has 10 heteroatoms. The van der Waals surface area contributed by atoms with E-state index in [1.807, 2.05) is 6.92 Å². The van der Waals surface area contributed by atoms with Crippen LogP contribution in [0.2, 0.25) is 10.0 Å². The Balaban J connectivity index is 1.50. The zero-order chi connectivity index (χ0) is 24.7. The molecule has 1 aliphatic heterocycles. The second-order valence-electron chi connectivity index (χ2n) is 7.73. The van der Waals surface area contributed by atoms with E-state index in [9.17, 15) is 19.2 Å². The second-order valence-corrected chi connectivity index (χ2v) is 8.54. The standard InChI is InChI=1S/C24H24Cl2N2O6/c1-2-3-10-33-23(31)15-4-7-18(8-5-15)28-13-16(11-22(28)30)24(32)34-14-21(29)27-17-6-9-19(25)20(26)12-17/h4-9,12,16H,2-3,10-11,13-14H2,1H3,(H,27,29)/t16-/m0/s1. The highest BCUT2D eigenvalue weighted by atomic mass is 35.5. The van der Waals surface area contributed by atoms with Crippen LogP contribution in [0.1, 0.15) is 36.5 Å². The SMILES string of the molecule is CCCCOC(=O)c1ccc(N2C[C@@H](C(=O)OCC(=O)Nc3ccc(Cl)c(Cl)c3)CC2=O)cc1. The van der Waals surface area contributed by atoms with E-state index < -0.39 is 30.4 Å². The average molecular weight is 507 g/mol. The summed E-state index contributed by atoms with van der Waals surface area (Å²) in [7, 11) is 0. The fraction of sp³-hybridized carbons (Fsp3) is 0.333. The molecule has 2 aromatic rings. The molecule has 1 heterocycles. The molecule has 0 aliphatic carbocycles. The highest BCUT2D eigenvalue weighted by molar-refractivity contribution is 6.42. The number of anilines is 2. The number of rotatable bonds is 9. The molecule has 1 atom stereocenters. The number of ether oxygens (including phenoxy) is 2. The topological polar surface area (TPSA) is 102 Å². The van der Waals surface area contributed by atoms with Crippen molar-refractivity contribution >= 4 is 58.3 Å². The van der Waals surface area contributed by atoms with Gasteiger partial charge in [0.25, 0.3) is 5.91 Å². The first-order valence-corrected chi connectivity index (χ1v) is 11.5. The molecule has 0 aromatic heterocycles. The van der Waals surface area contributed by atoms with Gasteiger partial charge in [-0.1, -0.05) is 36.5 Å². The molecule has 0 bridgehead atoms. The molecule has 2 aromatic carbocycles. The van der Waals surface area contributed by atoms with Crippen LogP contribution in [-0.4, -0.2) is 43.5 Å². The lowest BCUT2D eigenvalue weighted by Crippen LogP contribution is -2.28. The van der Waals surface area contributed by atoms with Crippen LogP contribution in [0.3, 0.4) is 0 Å². The minimum atomic E-state index is -0.705. The van der Waals surface area contributed by atoms with Crippen molar-refractivity contribution < 1.29 is 28.7 Å². The molecule has 8 nitrogen and oxygen atoms in total. The van der Waals surface area contributed by atoms with Crippen LogP contribution in [0.15, 0.2) is 42.5 Å². The summed E-state index contributed by atoms with van der Waals surface area (Å²) in [4.78, 5) is 50.4. The van der Waals surface area contributed by atoms with Crippen molar-refractivity contribution in [2.75, 3.05) is 30.0 Å². The molecule has 1 fully saturated rings. The quantitative estimate of drug-likeness (QED) is 0.397. The zero-order valence-electron chi connectivity index (χ0n) is 18.5. The Labute approximate surface area is 207 Å². The summed E-state index contributed by atoms with van der Waals surface area (Å²) in [6.45, 7) is 1.98. The number of nitrogens with zero attached hydrogens (tertiary/aromatic N) is 1. The van der Waals surface area contributed by atoms with Gasteiger partial charge in [0.15, 0.2) is 6.61 Å². The van der Waals surface area contributed by atoms with Gasteiger partial charge in [0.05, 0.1) is 28.1 Å². The fourth-order valence-electron chi connectivity index (χ4n) is 3.31. The normalized spacial score (nSPS) is 15.2. The molecular formula is C24H24Cl2N2O6. The van der Waals surface area contributed by atoms with Crippen LogP contribution in [0.25, 0.3) is 0 Å². The largest absolute Gasteiger partial charge is 0.462 e. The van der Waals surface area contributed by atoms with Gasteiger partial charge in [-0.05, 0) is 48.9 Å². The molecule has 1 N–H and O–H groups in total. The third kappa shape index (κ3) is 6.71. The van der Waals surface area contributed by atoms with Gasteiger partial charge >= 0.3 is 11.9 Å². The van der Waals surface area contributed by atoms with E-state index in [1.54, 1.807) is 30.3 Å². The van der Waals surface area contributed by atoms with E-state index in [0.29, 0.717) is 28.6 Å². The number of halogens is 2. The van der Waals surface area contributed by atoms with Gasteiger partial charge in [0.2, 0.25) is 5.91 Å². The summed E-state index contributed by atoms with van der Waals surface area (Å²) in [5, 5.41) is 3.19. The molecule has 0 spiro atoms. The summed E-state index contributed by atoms with van der Waals surface area (Å²) >= 11 is 11.7. The first-order chi connectivity index (χ1) is 16.3. The van der Waals surface area contributed by atoms with Crippen molar-refractivity contribution in [1.82, 2.24) is 0 Å². The summed E-state index contributed by atoms with van der Waals surface area (Å²) in [6, 6.07) is 11.0. The molecule has 2 amide bonds. The number of hydrogen-bond acceptors (Lipinski definition) is 6. The van der Waals surface area contributed by atoms with Crippen LogP contribution >= 0.6 is 23.2 Å². The number of carbonyl (C=O) groups excluding carboxylic acids is 4. The Hall–Kier alpha value is -3.10. The summed E-state index contributed by atoms with van der Waals surface area (Å²) in [6.07, 6.45) is 1.68. The first-order valence-electron chi connectivity index (χ1n) is 10.8. The third-order valence-electron chi connectivity index (χ3n) is 5.15. The maximum Gasteiger partial charge on any atom is 0.338 e. The molecule has 180 valence electrons. The van der Waals surface area contributed by atoms with Crippen molar-refractivity contribution in [3.05, 3.63) is 58.1 Å². The van der Waals surface area contributed by atoms with Crippen molar-refractivity contribution in [2.24, 2.45) is 5.92 Å². The average Bonchev–Trinajstić information content (AvgIpc) is 3.21. The maximum absolute atomic E-state index is 12.4. The predicted octanol–water partition coefficient (Wildman–Crippen LogP) is 4.49. The molecule has 1 aliphatic rings. The number of amides is 2. The predicted molar refractivity (Wildman–Crippen MR) is 128 cm³/mol. The Morgan fingerprint density at radius 1 is 1.06 bits per heavy atom. The maximum atomic E-state index is 12.4. The number of hydrogen-bond donors (Lipinski definition) is 1. The highest BCUT2D eigenvalue weighted by Gasteiger charge is 2.36. The lowest BCUT2D eigenvalue weighted by molar-refractivity contribution is -0.151. The van der Waals surface area contributed by atoms with Crippen molar-refractivity contribution in [1.29, 1.82) is 0 Å². The Morgan fingerprint density at radius 2 is 1.79 bits per heavy atom. The molecule has 0 saturated carbocycles. The van der Waals surface area contributed by atoms with E-state index in [2.05, 4.69) is 5.32 Å². The van der Waals surface area contributed by atoms with E-state index in [1.165, 1.54) is 17.0 Å². The summed E-state index contributed by atoms with van der Waals surface area (Å²) in [5.41, 5.74) is 1.36. The van der Waals surface area contributed by atoms with Gasteiger partial charge < -0.3 is 19.7 Å². The number of benzene rings is 2. The Kier molecular flexibility index (Phi) is 8.90. The molecule has 3 rings (SSSR count). The van der Waals surface area contributed by atoms with Gasteiger partial charge in [-0.15, -0.1) is 0 Å². The van der Waals surface area contributed by atoms with Gasteiger partial charge in [-0.25, -0.2) is 4.79 Å². The zero-order valence-corrected chi connectivity index (χ0v) is 20.0. The number of unbranched alkanes of at least 4 members (excludes halogenated alkanes) is 1. The van der Waals surface area contributed by atoms with E-state index in [4.69, 9.17) is 32.7 Å². The minimum absolute atomic E-state index is 0.0337. The smallest absolute Gasteiger partial charge is 0.338 e. The lowest BCUT2D eigenvalue weighted by atomic mass is 10.1. The molecule has 0 radical (unpaired) electrons. The van der Waals surface area contributed by atoms with Crippen LogP contribution < -0.4 is 10.2 Å². The van der Waals surface area contributed by atoms with Gasteiger partial charge in [0, 0.05) is 24.3 Å². The molecule has 34 heavy (non-hydrogen) atoms. The van der Waals surface area contributed by atoms with Gasteiger partial charge in [-0.3, -0.25) is 14.4 Å². The van der Waals surface area contributed by atoms with Crippen LogP contribution in [-0.2, 0) is 23.9 Å². The van der Waals surface area contributed by atoms with Crippen molar-refractivity contribution in [3.63, 3.8) is 0 Å². The number of nitrogens with one attached hydrogen (secondary N) is 1. The third-order valence-corrected chi connectivity index (χ3v) is 5.89. The number of esters is 2. The van der Waals surface area contributed by atoms with Crippen LogP contribution in [0.5, 0.6) is 0 Å². The van der Waals surface area contributed by atoms with Gasteiger partial charge in [0.1, 0.15) is 0 Å². The molecule has 1 saturated heterocycles. The van der Waals surface area contributed by atoms with Crippen LogP contribution in [0, 0.1) is 5.92 Å². The van der Waals surface area contributed by atoms with Gasteiger partial charge in [-0.2, -0.15) is 0 Å². The molecular weight excluding hydrogens is 483 g/mol. The van der Waals surface area contributed by atoms with E-state index in [0.717, 1.165) is 12.8 Å². The number of carbonyl (C=O) groups is 4. The minimum Gasteiger partial charge on any atom is -0.462 e. The fourth-order valence-corrected chi connectivity index (χ4v) is 3.61. The Bertz CT molecular complexity index is 1070. The monoisotopic (exact) mass is 506 g/mol.